The lowest BCUT2D eigenvalue weighted by Gasteiger charge is -2.26. The van der Waals surface area contributed by atoms with Crippen molar-refractivity contribution in [2.45, 2.75) is 18.3 Å². The first-order valence-electron chi connectivity index (χ1n) is 5.39. The topological polar surface area (TPSA) is 57.6 Å². The summed E-state index contributed by atoms with van der Waals surface area (Å²) in [5.41, 5.74) is 0.946. The molecular formula is C12H12BrNO3S. The monoisotopic (exact) mass is 329 g/mol. The van der Waals surface area contributed by atoms with Gasteiger partial charge in [-0.25, -0.2) is 4.79 Å². The van der Waals surface area contributed by atoms with E-state index in [1.165, 1.54) is 23.6 Å². The molecule has 18 heavy (non-hydrogen) atoms. The minimum absolute atomic E-state index is 0.208. The number of amides is 1. The van der Waals surface area contributed by atoms with Crippen molar-refractivity contribution in [2.24, 2.45) is 0 Å². The van der Waals surface area contributed by atoms with Crippen LogP contribution in [0, 0.1) is 0 Å². The molecule has 0 spiro atoms. The van der Waals surface area contributed by atoms with E-state index in [2.05, 4.69) is 15.9 Å². The normalized spacial score (nSPS) is 23.1. The Morgan fingerprint density at radius 3 is 2.50 bits per heavy atom. The van der Waals surface area contributed by atoms with Crippen LogP contribution in [0.25, 0.3) is 0 Å². The predicted octanol–water partition coefficient (Wildman–Crippen LogP) is 2.50. The minimum Gasteiger partial charge on any atom is -0.480 e. The maximum atomic E-state index is 11.7. The Balaban J connectivity index is 2.30. The highest BCUT2D eigenvalue weighted by molar-refractivity contribution is 9.10. The first-order chi connectivity index (χ1) is 8.50. The molecule has 0 aromatic heterocycles. The molecule has 1 fully saturated rings. The number of halogens is 1. The fourth-order valence-corrected chi connectivity index (χ4v) is 3.70. The largest absolute Gasteiger partial charge is 0.480 e. The number of hydrogen-bond acceptors (Lipinski definition) is 3. The molecule has 1 aliphatic heterocycles. The number of aliphatic carboxylic acids is 1. The van der Waals surface area contributed by atoms with E-state index in [9.17, 15) is 9.59 Å². The van der Waals surface area contributed by atoms with Crippen LogP contribution in [0.4, 0.5) is 0 Å². The number of carboxylic acids is 1. The van der Waals surface area contributed by atoms with Gasteiger partial charge in [0.05, 0.1) is 0 Å². The fraction of sp³-hybridized carbons (Fsp3) is 0.333. The van der Waals surface area contributed by atoms with Crippen molar-refractivity contribution in [2.75, 3.05) is 5.75 Å². The zero-order valence-corrected chi connectivity index (χ0v) is 12.1. The van der Waals surface area contributed by atoms with Crippen LogP contribution in [0.5, 0.6) is 0 Å². The fourth-order valence-electron chi connectivity index (χ4n) is 1.97. The number of nitrogens with zero attached hydrogens (tertiary/aromatic N) is 1. The van der Waals surface area contributed by atoms with Crippen LogP contribution in [0.15, 0.2) is 28.7 Å². The van der Waals surface area contributed by atoms with Crippen molar-refractivity contribution in [1.82, 2.24) is 4.90 Å². The van der Waals surface area contributed by atoms with Crippen molar-refractivity contribution >= 4 is 39.6 Å². The average Bonchev–Trinajstić information content (AvgIpc) is 2.74. The summed E-state index contributed by atoms with van der Waals surface area (Å²) in [6, 6.07) is 6.86. The predicted molar refractivity (Wildman–Crippen MR) is 73.3 cm³/mol. The van der Waals surface area contributed by atoms with Crippen molar-refractivity contribution < 1.29 is 14.7 Å². The lowest BCUT2D eigenvalue weighted by atomic mass is 10.2. The van der Waals surface area contributed by atoms with E-state index >= 15 is 0 Å². The molecule has 1 saturated heterocycles. The van der Waals surface area contributed by atoms with Gasteiger partial charge in [-0.3, -0.25) is 4.79 Å². The Morgan fingerprint density at radius 2 is 2.00 bits per heavy atom. The molecular weight excluding hydrogens is 318 g/mol. The zero-order chi connectivity index (χ0) is 13.3. The Labute approximate surface area is 117 Å². The number of hydrogen-bond donors (Lipinski definition) is 1. The molecule has 0 saturated carbocycles. The van der Waals surface area contributed by atoms with Crippen LogP contribution >= 0.6 is 27.7 Å². The number of carboxylic acid groups (broad SMARTS) is 1. The second kappa shape index (κ2) is 5.32. The first-order valence-corrected chi connectivity index (χ1v) is 7.23. The number of thioether (sulfide) groups is 1. The molecule has 2 rings (SSSR count). The van der Waals surface area contributed by atoms with Gasteiger partial charge in [0.25, 0.3) is 0 Å². The van der Waals surface area contributed by atoms with Crippen molar-refractivity contribution in [3.8, 4) is 0 Å². The van der Waals surface area contributed by atoms with E-state index in [0.717, 1.165) is 10.0 Å². The summed E-state index contributed by atoms with van der Waals surface area (Å²) in [4.78, 5) is 24.2. The van der Waals surface area contributed by atoms with Gasteiger partial charge in [0.1, 0.15) is 11.4 Å². The van der Waals surface area contributed by atoms with Gasteiger partial charge in [-0.2, -0.15) is 0 Å². The van der Waals surface area contributed by atoms with E-state index in [-0.39, 0.29) is 11.3 Å². The Kier molecular flexibility index (Phi) is 3.97. The van der Waals surface area contributed by atoms with E-state index in [4.69, 9.17) is 5.11 Å². The minimum atomic E-state index is -0.947. The molecule has 1 aromatic rings. The highest BCUT2D eigenvalue weighted by Crippen LogP contribution is 2.41. The molecule has 1 heterocycles. The molecule has 2 atom stereocenters. The third kappa shape index (κ3) is 2.54. The maximum absolute atomic E-state index is 11.7. The highest BCUT2D eigenvalue weighted by atomic mass is 79.9. The first kappa shape index (κ1) is 13.4. The summed E-state index contributed by atoms with van der Waals surface area (Å²) in [6.45, 7) is 1.41. The highest BCUT2D eigenvalue weighted by Gasteiger charge is 2.40. The molecule has 0 bridgehead atoms. The van der Waals surface area contributed by atoms with Gasteiger partial charge in [0, 0.05) is 17.1 Å². The van der Waals surface area contributed by atoms with Gasteiger partial charge < -0.3 is 10.0 Å². The number of rotatable bonds is 2. The molecule has 1 aliphatic rings. The van der Waals surface area contributed by atoms with Crippen LogP contribution in [0.2, 0.25) is 0 Å². The van der Waals surface area contributed by atoms with Crippen molar-refractivity contribution in [3.63, 3.8) is 0 Å². The Bertz CT molecular complexity index is 477. The molecule has 0 radical (unpaired) electrons. The summed E-state index contributed by atoms with van der Waals surface area (Å²) in [5.74, 6) is -0.729. The molecule has 0 unspecified atom stereocenters. The smallest absolute Gasteiger partial charge is 0.327 e. The molecule has 1 N–H and O–H groups in total. The molecule has 4 nitrogen and oxygen atoms in total. The number of carbonyl (C=O) groups excluding carboxylic acids is 1. The summed E-state index contributed by atoms with van der Waals surface area (Å²) in [6.07, 6.45) is 0. The van der Waals surface area contributed by atoms with E-state index in [0.29, 0.717) is 5.75 Å². The van der Waals surface area contributed by atoms with Crippen LogP contribution in [0.1, 0.15) is 17.9 Å². The van der Waals surface area contributed by atoms with Gasteiger partial charge in [0.15, 0.2) is 0 Å². The summed E-state index contributed by atoms with van der Waals surface area (Å²) < 4.78 is 0.957. The average molecular weight is 330 g/mol. The van der Waals surface area contributed by atoms with Gasteiger partial charge >= 0.3 is 5.97 Å². The molecule has 1 amide bonds. The van der Waals surface area contributed by atoms with Crippen LogP contribution in [-0.2, 0) is 9.59 Å². The molecule has 1 aromatic carbocycles. The second-order valence-electron chi connectivity index (χ2n) is 4.02. The molecule has 0 aliphatic carbocycles. The van der Waals surface area contributed by atoms with E-state index in [1.54, 1.807) is 0 Å². The molecule has 6 heteroatoms. The standard InChI is InChI=1S/C12H12BrNO3S/c1-7(15)14-10(12(16)17)6-18-11(14)8-2-4-9(13)5-3-8/h2-5,10-11H,6H2,1H3,(H,16,17)/t10-,11+/m1/s1. The van der Waals surface area contributed by atoms with Gasteiger partial charge in [-0.15, -0.1) is 11.8 Å². The number of benzene rings is 1. The third-order valence-corrected chi connectivity index (χ3v) is 4.66. The number of carbonyl (C=O) groups is 2. The van der Waals surface area contributed by atoms with Crippen LogP contribution < -0.4 is 0 Å². The lowest BCUT2D eigenvalue weighted by molar-refractivity contribution is -0.148. The summed E-state index contributed by atoms with van der Waals surface area (Å²) in [5, 5.41) is 8.92. The van der Waals surface area contributed by atoms with Crippen LogP contribution in [-0.4, -0.2) is 33.7 Å². The van der Waals surface area contributed by atoms with Gasteiger partial charge in [0.2, 0.25) is 5.91 Å². The zero-order valence-electron chi connectivity index (χ0n) is 9.67. The summed E-state index contributed by atoms with van der Waals surface area (Å²) in [7, 11) is 0. The van der Waals surface area contributed by atoms with E-state index < -0.39 is 12.0 Å². The van der Waals surface area contributed by atoms with Crippen molar-refractivity contribution in [1.29, 1.82) is 0 Å². The van der Waals surface area contributed by atoms with Gasteiger partial charge in [-0.1, -0.05) is 28.1 Å². The molecule has 96 valence electrons. The lowest BCUT2D eigenvalue weighted by Crippen LogP contribution is -2.41. The maximum Gasteiger partial charge on any atom is 0.327 e. The Morgan fingerprint density at radius 1 is 1.39 bits per heavy atom. The summed E-state index contributed by atoms with van der Waals surface area (Å²) >= 11 is 4.83. The van der Waals surface area contributed by atoms with Crippen molar-refractivity contribution in [3.05, 3.63) is 34.3 Å². The van der Waals surface area contributed by atoms with Crippen LogP contribution in [0.3, 0.4) is 0 Å². The second-order valence-corrected chi connectivity index (χ2v) is 6.05. The van der Waals surface area contributed by atoms with Gasteiger partial charge in [-0.05, 0) is 17.7 Å². The quantitative estimate of drug-likeness (QED) is 0.905. The third-order valence-electron chi connectivity index (χ3n) is 2.80. The Hall–Kier alpha value is -1.01. The van der Waals surface area contributed by atoms with E-state index in [1.807, 2.05) is 24.3 Å². The SMILES string of the molecule is CC(=O)N1[C@@H](C(=O)O)CS[C@H]1c1ccc(Br)cc1.